The Kier molecular flexibility index (Phi) is 4.16. The first-order valence-electron chi connectivity index (χ1n) is 8.03. The van der Waals surface area contributed by atoms with E-state index in [2.05, 4.69) is 67.9 Å². The topological polar surface area (TPSA) is 21.1 Å². The van der Waals surface area contributed by atoms with Crippen LogP contribution in [-0.4, -0.2) is 35.1 Å². The first-order valence-corrected chi connectivity index (χ1v) is 8.03. The van der Waals surface area contributed by atoms with Crippen molar-refractivity contribution in [2.45, 2.75) is 26.2 Å². The van der Waals surface area contributed by atoms with Gasteiger partial charge < -0.3 is 9.47 Å². The van der Waals surface area contributed by atoms with Gasteiger partial charge in [0.05, 0.1) is 5.69 Å². The quantitative estimate of drug-likeness (QED) is 0.867. The van der Waals surface area contributed by atoms with Crippen LogP contribution in [0.2, 0.25) is 0 Å². The van der Waals surface area contributed by atoms with E-state index in [-0.39, 0.29) is 0 Å². The minimum Gasteiger partial charge on any atom is -0.335 e. The monoisotopic (exact) mass is 295 g/mol. The van der Waals surface area contributed by atoms with Crippen LogP contribution in [0.3, 0.4) is 0 Å². The van der Waals surface area contributed by atoms with Crippen molar-refractivity contribution in [3.63, 3.8) is 0 Å². The molecule has 0 saturated heterocycles. The third kappa shape index (κ3) is 2.73. The number of aromatic nitrogens is 2. The highest BCUT2D eigenvalue weighted by molar-refractivity contribution is 5.81. The van der Waals surface area contributed by atoms with E-state index in [4.69, 9.17) is 4.98 Å². The molecule has 0 N–H and O–H groups in total. The molecule has 3 rings (SSSR count). The van der Waals surface area contributed by atoms with Crippen molar-refractivity contribution >= 4 is 5.57 Å². The van der Waals surface area contributed by atoms with Crippen molar-refractivity contribution in [2.75, 3.05) is 20.6 Å². The number of imidazole rings is 1. The van der Waals surface area contributed by atoms with Crippen molar-refractivity contribution in [2.24, 2.45) is 7.05 Å². The highest BCUT2D eigenvalue weighted by Gasteiger charge is 2.22. The lowest BCUT2D eigenvalue weighted by atomic mass is 9.97. The summed E-state index contributed by atoms with van der Waals surface area (Å²) >= 11 is 0. The molecular formula is C19H25N3. The lowest BCUT2D eigenvalue weighted by Crippen LogP contribution is -2.12. The number of nitrogens with zero attached hydrogens (tertiary/aromatic N) is 3. The van der Waals surface area contributed by atoms with E-state index in [1.54, 1.807) is 0 Å². The van der Waals surface area contributed by atoms with Crippen LogP contribution in [0.5, 0.6) is 0 Å². The van der Waals surface area contributed by atoms with Gasteiger partial charge in [0.25, 0.3) is 0 Å². The Morgan fingerprint density at radius 2 is 2.00 bits per heavy atom. The normalized spacial score (nSPS) is 15.8. The Hall–Kier alpha value is -1.87. The van der Waals surface area contributed by atoms with Gasteiger partial charge in [0.15, 0.2) is 0 Å². The third-order valence-electron chi connectivity index (χ3n) is 4.56. The van der Waals surface area contributed by atoms with E-state index in [0.29, 0.717) is 0 Å². The van der Waals surface area contributed by atoms with Gasteiger partial charge in [-0.3, -0.25) is 0 Å². The van der Waals surface area contributed by atoms with Gasteiger partial charge in [-0.2, -0.15) is 0 Å². The average Bonchev–Trinajstić information content (AvgIpc) is 2.68. The van der Waals surface area contributed by atoms with E-state index in [9.17, 15) is 0 Å². The summed E-state index contributed by atoms with van der Waals surface area (Å²) in [5.74, 6) is 1.10. The minimum absolute atomic E-state index is 1.05. The van der Waals surface area contributed by atoms with Crippen LogP contribution >= 0.6 is 0 Å². The molecular weight excluding hydrogens is 270 g/mol. The van der Waals surface area contributed by atoms with Gasteiger partial charge in [0, 0.05) is 24.9 Å². The highest BCUT2D eigenvalue weighted by Crippen LogP contribution is 2.33. The SMILES string of the molecule is Cc1nc2c(n1C)CCc1ccccc1/C2=C\CCN(C)C. The molecule has 0 bridgehead atoms. The zero-order chi connectivity index (χ0) is 15.7. The van der Waals surface area contributed by atoms with Crippen molar-refractivity contribution in [3.8, 4) is 0 Å². The number of benzene rings is 1. The maximum absolute atomic E-state index is 4.87. The van der Waals surface area contributed by atoms with Gasteiger partial charge in [0.1, 0.15) is 5.82 Å². The molecule has 116 valence electrons. The second kappa shape index (κ2) is 6.09. The molecule has 0 saturated carbocycles. The predicted octanol–water partition coefficient (Wildman–Crippen LogP) is 3.21. The zero-order valence-electron chi connectivity index (χ0n) is 14.1. The third-order valence-corrected chi connectivity index (χ3v) is 4.56. The van der Waals surface area contributed by atoms with Crippen LogP contribution in [-0.2, 0) is 19.9 Å². The molecule has 2 aromatic rings. The van der Waals surface area contributed by atoms with Crippen LogP contribution in [0.4, 0.5) is 0 Å². The predicted molar refractivity (Wildman–Crippen MR) is 92.0 cm³/mol. The van der Waals surface area contributed by atoms with Crippen LogP contribution < -0.4 is 0 Å². The molecule has 1 aromatic carbocycles. The van der Waals surface area contributed by atoms with Gasteiger partial charge in [-0.05, 0) is 51.4 Å². The van der Waals surface area contributed by atoms with Crippen LogP contribution in [0.15, 0.2) is 30.3 Å². The fraction of sp³-hybridized carbons (Fsp3) is 0.421. The molecule has 1 aliphatic carbocycles. The van der Waals surface area contributed by atoms with Crippen LogP contribution in [0.1, 0.15) is 34.8 Å². The summed E-state index contributed by atoms with van der Waals surface area (Å²) in [4.78, 5) is 7.10. The molecule has 1 aromatic heterocycles. The molecule has 1 aliphatic rings. The van der Waals surface area contributed by atoms with E-state index in [1.165, 1.54) is 28.1 Å². The Morgan fingerprint density at radius 1 is 1.23 bits per heavy atom. The fourth-order valence-corrected chi connectivity index (χ4v) is 3.21. The summed E-state index contributed by atoms with van der Waals surface area (Å²) in [6.45, 7) is 3.16. The maximum Gasteiger partial charge on any atom is 0.106 e. The molecule has 1 heterocycles. The first-order chi connectivity index (χ1) is 10.6. The number of fused-ring (bicyclic) bond motifs is 2. The molecule has 0 amide bonds. The van der Waals surface area contributed by atoms with Crippen molar-refractivity contribution in [1.29, 1.82) is 0 Å². The smallest absolute Gasteiger partial charge is 0.106 e. The largest absolute Gasteiger partial charge is 0.335 e. The molecule has 3 heteroatoms. The van der Waals surface area contributed by atoms with Crippen molar-refractivity contribution < 1.29 is 0 Å². The summed E-state index contributed by atoms with van der Waals surface area (Å²) in [5.41, 5.74) is 6.66. The van der Waals surface area contributed by atoms with Gasteiger partial charge in [-0.1, -0.05) is 30.3 Å². The van der Waals surface area contributed by atoms with E-state index in [1.807, 2.05) is 0 Å². The Labute approximate surface area is 133 Å². The van der Waals surface area contributed by atoms with Gasteiger partial charge in [-0.15, -0.1) is 0 Å². The van der Waals surface area contributed by atoms with Crippen molar-refractivity contribution in [1.82, 2.24) is 14.5 Å². The second-order valence-corrected chi connectivity index (χ2v) is 6.38. The van der Waals surface area contributed by atoms with Crippen LogP contribution in [0.25, 0.3) is 5.57 Å². The molecule has 0 fully saturated rings. The van der Waals surface area contributed by atoms with E-state index >= 15 is 0 Å². The molecule has 0 radical (unpaired) electrons. The summed E-state index contributed by atoms with van der Waals surface area (Å²) < 4.78 is 2.25. The number of rotatable bonds is 3. The Bertz CT molecular complexity index is 707. The van der Waals surface area contributed by atoms with Crippen molar-refractivity contribution in [3.05, 3.63) is 58.7 Å². The fourth-order valence-electron chi connectivity index (χ4n) is 3.21. The molecule has 0 aliphatic heterocycles. The molecule has 0 unspecified atom stereocenters. The van der Waals surface area contributed by atoms with Crippen LogP contribution in [0, 0.1) is 6.92 Å². The Balaban J connectivity index is 2.10. The average molecular weight is 295 g/mol. The van der Waals surface area contributed by atoms with E-state index in [0.717, 1.165) is 31.6 Å². The number of hydrogen-bond donors (Lipinski definition) is 0. The van der Waals surface area contributed by atoms with Gasteiger partial charge >= 0.3 is 0 Å². The minimum atomic E-state index is 1.05. The maximum atomic E-state index is 4.87. The summed E-state index contributed by atoms with van der Waals surface area (Å²) in [5, 5.41) is 0. The number of hydrogen-bond acceptors (Lipinski definition) is 2. The Morgan fingerprint density at radius 3 is 2.77 bits per heavy atom. The first kappa shape index (κ1) is 15.0. The lowest BCUT2D eigenvalue weighted by Gasteiger charge is -2.11. The summed E-state index contributed by atoms with van der Waals surface area (Å²) in [6, 6.07) is 8.79. The van der Waals surface area contributed by atoms with Gasteiger partial charge in [-0.25, -0.2) is 4.98 Å². The zero-order valence-corrected chi connectivity index (χ0v) is 14.1. The second-order valence-electron chi connectivity index (χ2n) is 6.38. The standard InChI is InChI=1S/C19H25N3/c1-14-20-19-17(10-7-13-21(2)3)16-9-6-5-8-15(16)11-12-18(19)22(14)4/h5-6,8-10H,7,11-13H2,1-4H3/b17-10+. The molecule has 22 heavy (non-hydrogen) atoms. The molecule has 0 atom stereocenters. The molecule has 3 nitrogen and oxygen atoms in total. The summed E-state index contributed by atoms with van der Waals surface area (Å²) in [6.07, 6.45) is 5.57. The molecule has 0 spiro atoms. The highest BCUT2D eigenvalue weighted by atomic mass is 15.1. The van der Waals surface area contributed by atoms with Gasteiger partial charge in [0.2, 0.25) is 0 Å². The van der Waals surface area contributed by atoms with E-state index < -0.39 is 0 Å². The summed E-state index contributed by atoms with van der Waals surface area (Å²) in [7, 11) is 6.38. The lowest BCUT2D eigenvalue weighted by molar-refractivity contribution is 0.417. The number of aryl methyl sites for hydroxylation is 2.